The number of aromatic nitrogens is 1. The first kappa shape index (κ1) is 17.3. The third kappa shape index (κ3) is 3.72. The van der Waals surface area contributed by atoms with Gasteiger partial charge in [0.15, 0.2) is 0 Å². The minimum absolute atomic E-state index is 0.00446. The van der Waals surface area contributed by atoms with Crippen LogP contribution in [0.3, 0.4) is 0 Å². The third-order valence-electron chi connectivity index (χ3n) is 5.22. The summed E-state index contributed by atoms with van der Waals surface area (Å²) in [5.41, 5.74) is 2.31. The molecule has 1 aliphatic heterocycles. The molecule has 1 fully saturated rings. The van der Waals surface area contributed by atoms with Crippen molar-refractivity contribution in [3.63, 3.8) is 0 Å². The summed E-state index contributed by atoms with van der Waals surface area (Å²) in [6, 6.07) is 18.5. The fourth-order valence-electron chi connectivity index (χ4n) is 3.70. The average molecular weight is 360 g/mol. The molecule has 27 heavy (non-hydrogen) atoms. The van der Waals surface area contributed by atoms with Gasteiger partial charge in [-0.1, -0.05) is 42.5 Å². The number of urea groups is 1. The van der Waals surface area contributed by atoms with Crippen molar-refractivity contribution in [1.29, 1.82) is 0 Å². The second-order valence-corrected chi connectivity index (χ2v) is 6.92. The summed E-state index contributed by atoms with van der Waals surface area (Å²) in [4.78, 5) is 21.0. The van der Waals surface area contributed by atoms with Crippen molar-refractivity contribution in [2.75, 3.05) is 31.1 Å². The Morgan fingerprint density at radius 2 is 1.67 bits per heavy atom. The number of carbonyl (C=O) groups excluding carboxylic acids is 1. The average Bonchev–Trinajstić information content (AvgIpc) is 2.74. The van der Waals surface area contributed by atoms with E-state index in [9.17, 15) is 4.79 Å². The van der Waals surface area contributed by atoms with Crippen LogP contribution >= 0.6 is 0 Å². The molecule has 1 saturated heterocycles. The van der Waals surface area contributed by atoms with E-state index in [2.05, 4.69) is 39.5 Å². The largest absolute Gasteiger partial charge is 0.368 e. The van der Waals surface area contributed by atoms with Crippen LogP contribution in [0.25, 0.3) is 10.8 Å². The van der Waals surface area contributed by atoms with Crippen molar-refractivity contribution in [3.8, 4) is 0 Å². The summed E-state index contributed by atoms with van der Waals surface area (Å²) in [6.45, 7) is 5.15. The van der Waals surface area contributed by atoms with Gasteiger partial charge in [0.25, 0.3) is 0 Å². The van der Waals surface area contributed by atoms with E-state index in [1.807, 2.05) is 42.2 Å². The molecule has 5 heteroatoms. The van der Waals surface area contributed by atoms with Crippen molar-refractivity contribution in [2.24, 2.45) is 0 Å². The van der Waals surface area contributed by atoms with Gasteiger partial charge in [-0.2, -0.15) is 0 Å². The summed E-state index contributed by atoms with van der Waals surface area (Å²) in [5.74, 6) is 0. The predicted octanol–water partition coefficient (Wildman–Crippen LogP) is 3.83. The first-order valence-electron chi connectivity index (χ1n) is 9.40. The number of nitrogens with zero attached hydrogens (tertiary/aromatic N) is 3. The van der Waals surface area contributed by atoms with Crippen molar-refractivity contribution in [2.45, 2.75) is 13.0 Å². The smallest absolute Gasteiger partial charge is 0.317 e. The van der Waals surface area contributed by atoms with Crippen LogP contribution in [0.1, 0.15) is 18.5 Å². The van der Waals surface area contributed by atoms with Gasteiger partial charge in [0.2, 0.25) is 0 Å². The van der Waals surface area contributed by atoms with Gasteiger partial charge in [0.05, 0.1) is 6.04 Å². The number of pyridine rings is 1. The normalized spacial score (nSPS) is 15.6. The Morgan fingerprint density at radius 1 is 0.963 bits per heavy atom. The highest BCUT2D eigenvalue weighted by atomic mass is 16.2. The molecule has 1 atom stereocenters. The van der Waals surface area contributed by atoms with Crippen LogP contribution in [0.2, 0.25) is 0 Å². The van der Waals surface area contributed by atoms with Crippen LogP contribution in [0.4, 0.5) is 10.5 Å². The molecule has 3 aromatic rings. The van der Waals surface area contributed by atoms with Crippen LogP contribution in [0, 0.1) is 0 Å². The Hall–Kier alpha value is -3.08. The number of benzene rings is 2. The Labute approximate surface area is 159 Å². The van der Waals surface area contributed by atoms with Crippen molar-refractivity contribution >= 4 is 22.5 Å². The molecule has 0 saturated carbocycles. The molecule has 2 heterocycles. The number of rotatable bonds is 3. The van der Waals surface area contributed by atoms with E-state index in [4.69, 9.17) is 0 Å². The molecule has 5 nitrogen and oxygen atoms in total. The molecule has 1 N–H and O–H groups in total. The van der Waals surface area contributed by atoms with E-state index in [1.165, 1.54) is 10.8 Å². The monoisotopic (exact) mass is 360 g/mol. The van der Waals surface area contributed by atoms with E-state index in [0.29, 0.717) is 0 Å². The molecule has 0 aliphatic carbocycles. The highest BCUT2D eigenvalue weighted by molar-refractivity contribution is 5.86. The predicted molar refractivity (Wildman–Crippen MR) is 109 cm³/mol. The molecule has 2 amide bonds. The lowest BCUT2D eigenvalue weighted by atomic mass is 10.00. The zero-order valence-corrected chi connectivity index (χ0v) is 15.5. The summed E-state index contributed by atoms with van der Waals surface area (Å²) >= 11 is 0. The van der Waals surface area contributed by atoms with Gasteiger partial charge >= 0.3 is 6.03 Å². The van der Waals surface area contributed by atoms with Gasteiger partial charge in [-0.15, -0.1) is 0 Å². The second-order valence-electron chi connectivity index (χ2n) is 6.92. The zero-order chi connectivity index (χ0) is 18.6. The third-order valence-corrected chi connectivity index (χ3v) is 5.22. The first-order valence-corrected chi connectivity index (χ1v) is 9.40. The SMILES string of the molecule is CC(NC(=O)N1CCN(c2ccncc2)CC1)c1cccc2ccccc12. The zero-order valence-electron chi connectivity index (χ0n) is 15.5. The number of hydrogen-bond donors (Lipinski definition) is 1. The summed E-state index contributed by atoms with van der Waals surface area (Å²) in [5, 5.41) is 5.56. The molecule has 1 aliphatic rings. The highest BCUT2D eigenvalue weighted by Gasteiger charge is 2.23. The highest BCUT2D eigenvalue weighted by Crippen LogP contribution is 2.24. The summed E-state index contributed by atoms with van der Waals surface area (Å²) in [7, 11) is 0. The molecule has 138 valence electrons. The topological polar surface area (TPSA) is 48.5 Å². The van der Waals surface area contributed by atoms with Crippen molar-refractivity contribution in [1.82, 2.24) is 15.2 Å². The number of nitrogens with one attached hydrogen (secondary N) is 1. The number of amides is 2. The molecule has 1 aromatic heterocycles. The molecule has 0 radical (unpaired) electrons. The van der Waals surface area contributed by atoms with Crippen molar-refractivity contribution < 1.29 is 4.79 Å². The van der Waals surface area contributed by atoms with Crippen LogP contribution in [0.15, 0.2) is 67.0 Å². The lowest BCUT2D eigenvalue weighted by molar-refractivity contribution is 0.191. The standard InChI is InChI=1S/C22H24N4O/c1-17(20-8-4-6-18-5-2-3-7-21(18)20)24-22(27)26-15-13-25(14-16-26)19-9-11-23-12-10-19/h2-12,17H,13-16H2,1H3,(H,24,27). The van der Waals surface area contributed by atoms with Crippen LogP contribution < -0.4 is 10.2 Å². The van der Waals surface area contributed by atoms with Crippen LogP contribution in [0.5, 0.6) is 0 Å². The van der Waals surface area contributed by atoms with Gasteiger partial charge in [-0.3, -0.25) is 4.98 Å². The van der Waals surface area contributed by atoms with E-state index < -0.39 is 0 Å². The first-order chi connectivity index (χ1) is 13.2. The number of anilines is 1. The Kier molecular flexibility index (Phi) is 4.92. The molecule has 4 rings (SSSR count). The maximum Gasteiger partial charge on any atom is 0.317 e. The molecule has 1 unspecified atom stereocenters. The number of piperazine rings is 1. The number of carbonyl (C=O) groups is 1. The summed E-state index contributed by atoms with van der Waals surface area (Å²) in [6.07, 6.45) is 3.61. The fraction of sp³-hybridized carbons (Fsp3) is 0.273. The lowest BCUT2D eigenvalue weighted by Gasteiger charge is -2.36. The quantitative estimate of drug-likeness (QED) is 0.772. The Balaban J connectivity index is 1.39. The van der Waals surface area contributed by atoms with Gasteiger partial charge in [0, 0.05) is 44.3 Å². The van der Waals surface area contributed by atoms with E-state index in [1.54, 1.807) is 12.4 Å². The molecule has 2 aromatic carbocycles. The maximum absolute atomic E-state index is 12.7. The van der Waals surface area contributed by atoms with Gasteiger partial charge in [-0.25, -0.2) is 4.79 Å². The van der Waals surface area contributed by atoms with E-state index in [0.717, 1.165) is 37.4 Å². The summed E-state index contributed by atoms with van der Waals surface area (Å²) < 4.78 is 0. The molecule has 0 spiro atoms. The fourth-order valence-corrected chi connectivity index (χ4v) is 3.70. The minimum Gasteiger partial charge on any atom is -0.368 e. The van der Waals surface area contributed by atoms with Crippen molar-refractivity contribution in [3.05, 3.63) is 72.6 Å². The number of hydrogen-bond acceptors (Lipinski definition) is 3. The Morgan fingerprint density at radius 3 is 2.44 bits per heavy atom. The van der Waals surface area contributed by atoms with E-state index in [-0.39, 0.29) is 12.1 Å². The van der Waals surface area contributed by atoms with Gasteiger partial charge in [0.1, 0.15) is 0 Å². The Bertz CT molecular complexity index is 915. The van der Waals surface area contributed by atoms with Crippen LogP contribution in [-0.2, 0) is 0 Å². The van der Waals surface area contributed by atoms with E-state index >= 15 is 0 Å². The molecule has 0 bridgehead atoms. The van der Waals surface area contributed by atoms with Gasteiger partial charge < -0.3 is 15.1 Å². The lowest BCUT2D eigenvalue weighted by Crippen LogP contribution is -2.52. The van der Waals surface area contributed by atoms with Crippen LogP contribution in [-0.4, -0.2) is 42.1 Å². The number of fused-ring (bicyclic) bond motifs is 1. The molecular formula is C22H24N4O. The second kappa shape index (κ2) is 7.66. The molecular weight excluding hydrogens is 336 g/mol. The maximum atomic E-state index is 12.7. The minimum atomic E-state index is -0.0400. The van der Waals surface area contributed by atoms with Gasteiger partial charge in [-0.05, 0) is 35.4 Å².